The molecule has 176 valence electrons. The van der Waals surface area contributed by atoms with Gasteiger partial charge in [-0.2, -0.15) is 0 Å². The molecule has 0 bridgehead atoms. The highest BCUT2D eigenvalue weighted by Crippen LogP contribution is 2.63. The van der Waals surface area contributed by atoms with Gasteiger partial charge in [-0.25, -0.2) is 9.59 Å². The monoisotopic (exact) mass is 452 g/mol. The molecule has 1 N–H and O–H groups in total. The molecule has 6 heteroatoms. The number of aliphatic hydroxyl groups is 1. The number of hydrogen-bond donors (Lipinski definition) is 1. The smallest absolute Gasteiger partial charge is 0.338 e. The Morgan fingerprint density at radius 2 is 1.88 bits per heavy atom. The Morgan fingerprint density at radius 1 is 1.18 bits per heavy atom. The molecule has 1 heterocycles. The van der Waals surface area contributed by atoms with E-state index in [4.69, 9.17) is 9.47 Å². The van der Waals surface area contributed by atoms with Crippen molar-refractivity contribution in [3.05, 3.63) is 59.7 Å². The summed E-state index contributed by atoms with van der Waals surface area (Å²) in [6, 6.07) is 8.78. The second kappa shape index (κ2) is 8.24. The van der Waals surface area contributed by atoms with Gasteiger partial charge in [0.15, 0.2) is 0 Å². The topological polar surface area (TPSA) is 89.9 Å². The van der Waals surface area contributed by atoms with Gasteiger partial charge in [-0.1, -0.05) is 51.1 Å². The molecule has 33 heavy (non-hydrogen) atoms. The molecule has 0 unspecified atom stereocenters. The average molecular weight is 453 g/mol. The summed E-state index contributed by atoms with van der Waals surface area (Å²) in [5, 5.41) is 11.7. The number of Topliss-reactive ketones (excluding diaryl/α,β-unsaturated/α-hetero) is 1. The highest BCUT2D eigenvalue weighted by Gasteiger charge is 2.66. The average Bonchev–Trinajstić information content (AvgIpc) is 3.20. The standard InChI is InChI=1S/C27H32O6/c1-17-20(28)10-11-21-25(2,13-12-18-14-23(29)32-16-18)26(3,31)15-22(27(17,21)4)33-24(30)19-8-6-5-7-9-19/h5-9,12-14,17,21-22,31H,10-11,15-16H2,1-4H3/t17-,21-,22+,25-,26+,27+/m1/s1. The number of ketones is 1. The Morgan fingerprint density at radius 3 is 2.52 bits per heavy atom. The van der Waals surface area contributed by atoms with E-state index in [2.05, 4.69) is 0 Å². The maximum Gasteiger partial charge on any atom is 0.338 e. The molecule has 0 radical (unpaired) electrons. The lowest BCUT2D eigenvalue weighted by molar-refractivity contribution is -0.218. The van der Waals surface area contributed by atoms with E-state index in [0.29, 0.717) is 18.4 Å². The van der Waals surface area contributed by atoms with Crippen LogP contribution in [0.4, 0.5) is 0 Å². The quantitative estimate of drug-likeness (QED) is 0.694. The van der Waals surface area contributed by atoms with E-state index in [1.807, 2.05) is 39.0 Å². The van der Waals surface area contributed by atoms with Crippen LogP contribution in [-0.2, 0) is 19.1 Å². The highest BCUT2D eigenvalue weighted by atomic mass is 16.5. The Hall–Kier alpha value is -2.73. The van der Waals surface area contributed by atoms with E-state index in [9.17, 15) is 19.5 Å². The summed E-state index contributed by atoms with van der Waals surface area (Å²) in [5.74, 6) is -1.12. The molecule has 0 aromatic heterocycles. The van der Waals surface area contributed by atoms with Gasteiger partial charge in [0.1, 0.15) is 18.5 Å². The first-order valence-corrected chi connectivity index (χ1v) is 11.6. The van der Waals surface area contributed by atoms with Gasteiger partial charge in [0.25, 0.3) is 0 Å². The molecule has 0 spiro atoms. The summed E-state index contributed by atoms with van der Waals surface area (Å²) in [6.07, 6.45) is 5.84. The van der Waals surface area contributed by atoms with E-state index in [0.717, 1.165) is 5.57 Å². The molecular formula is C27H32O6. The molecule has 3 aliphatic rings. The normalized spacial score (nSPS) is 38.6. The molecule has 4 rings (SSSR count). The molecule has 6 atom stereocenters. The van der Waals surface area contributed by atoms with Crippen LogP contribution in [0.1, 0.15) is 57.3 Å². The van der Waals surface area contributed by atoms with Crippen LogP contribution in [0.5, 0.6) is 0 Å². The summed E-state index contributed by atoms with van der Waals surface area (Å²) in [6.45, 7) is 7.91. The van der Waals surface area contributed by atoms with E-state index in [1.54, 1.807) is 31.2 Å². The van der Waals surface area contributed by atoms with Crippen molar-refractivity contribution in [2.45, 2.75) is 58.7 Å². The van der Waals surface area contributed by atoms with Crippen LogP contribution in [0.25, 0.3) is 0 Å². The maximum atomic E-state index is 13.0. The van der Waals surface area contributed by atoms with E-state index in [1.165, 1.54) is 6.08 Å². The lowest BCUT2D eigenvalue weighted by atomic mass is 9.43. The first-order valence-electron chi connectivity index (χ1n) is 11.6. The molecule has 2 aliphatic carbocycles. The molecule has 0 amide bonds. The Kier molecular flexibility index (Phi) is 5.85. The number of esters is 2. The summed E-state index contributed by atoms with van der Waals surface area (Å²) in [4.78, 5) is 37.3. The van der Waals surface area contributed by atoms with Crippen molar-refractivity contribution < 1.29 is 29.0 Å². The van der Waals surface area contributed by atoms with Crippen molar-refractivity contribution >= 4 is 17.7 Å². The van der Waals surface area contributed by atoms with Gasteiger partial charge < -0.3 is 14.6 Å². The third-order valence-corrected chi connectivity index (χ3v) is 8.59. The van der Waals surface area contributed by atoms with Crippen LogP contribution in [0.15, 0.2) is 54.1 Å². The molecular weight excluding hydrogens is 420 g/mol. The molecule has 2 fully saturated rings. The van der Waals surface area contributed by atoms with Crippen LogP contribution < -0.4 is 0 Å². The number of benzene rings is 1. The van der Waals surface area contributed by atoms with Crippen LogP contribution in [0.3, 0.4) is 0 Å². The number of carbonyl (C=O) groups is 3. The van der Waals surface area contributed by atoms with Crippen molar-refractivity contribution in [1.29, 1.82) is 0 Å². The zero-order valence-electron chi connectivity index (χ0n) is 19.7. The minimum absolute atomic E-state index is 0.120. The largest absolute Gasteiger partial charge is 0.458 e. The predicted molar refractivity (Wildman–Crippen MR) is 122 cm³/mol. The van der Waals surface area contributed by atoms with Crippen LogP contribution in [0.2, 0.25) is 0 Å². The lowest BCUT2D eigenvalue weighted by Gasteiger charge is -2.63. The van der Waals surface area contributed by atoms with Gasteiger partial charge in [0, 0.05) is 35.7 Å². The molecule has 1 aromatic rings. The Labute approximate surface area is 194 Å². The summed E-state index contributed by atoms with van der Waals surface area (Å²) in [5.41, 5.74) is -1.38. The fraction of sp³-hybridized carbons (Fsp3) is 0.519. The van der Waals surface area contributed by atoms with Gasteiger partial charge in [-0.3, -0.25) is 4.79 Å². The van der Waals surface area contributed by atoms with Gasteiger partial charge >= 0.3 is 11.9 Å². The first kappa shape index (κ1) is 23.4. The zero-order chi connectivity index (χ0) is 24.0. The highest BCUT2D eigenvalue weighted by molar-refractivity contribution is 5.89. The third-order valence-electron chi connectivity index (χ3n) is 8.59. The summed E-state index contributed by atoms with van der Waals surface area (Å²) >= 11 is 0. The minimum atomic E-state index is -1.21. The molecule has 0 saturated heterocycles. The number of fused-ring (bicyclic) bond motifs is 1. The summed E-state index contributed by atoms with van der Waals surface area (Å²) in [7, 11) is 0. The van der Waals surface area contributed by atoms with Gasteiger partial charge in [-0.15, -0.1) is 0 Å². The van der Waals surface area contributed by atoms with Gasteiger partial charge in [0.05, 0.1) is 11.2 Å². The molecule has 2 saturated carbocycles. The second-order valence-corrected chi connectivity index (χ2v) is 10.3. The second-order valence-electron chi connectivity index (χ2n) is 10.3. The van der Waals surface area contributed by atoms with Crippen molar-refractivity contribution in [3.63, 3.8) is 0 Å². The van der Waals surface area contributed by atoms with E-state index in [-0.39, 0.29) is 36.6 Å². The summed E-state index contributed by atoms with van der Waals surface area (Å²) < 4.78 is 11.0. The number of rotatable bonds is 4. The predicted octanol–water partition coefficient (Wildman–Crippen LogP) is 4.03. The molecule has 1 aliphatic heterocycles. The van der Waals surface area contributed by atoms with Crippen LogP contribution in [-0.4, -0.2) is 41.1 Å². The zero-order valence-corrected chi connectivity index (χ0v) is 19.7. The molecule has 1 aromatic carbocycles. The number of ether oxygens (including phenoxy) is 2. The maximum absolute atomic E-state index is 13.0. The number of carbonyl (C=O) groups excluding carboxylic acids is 3. The molecule has 6 nitrogen and oxygen atoms in total. The van der Waals surface area contributed by atoms with Crippen LogP contribution in [0, 0.1) is 22.7 Å². The van der Waals surface area contributed by atoms with Crippen LogP contribution >= 0.6 is 0 Å². The van der Waals surface area contributed by atoms with Crippen molar-refractivity contribution in [2.24, 2.45) is 22.7 Å². The van der Waals surface area contributed by atoms with Gasteiger partial charge in [0.2, 0.25) is 0 Å². The fourth-order valence-electron chi connectivity index (χ4n) is 6.09. The van der Waals surface area contributed by atoms with E-state index >= 15 is 0 Å². The minimum Gasteiger partial charge on any atom is -0.458 e. The van der Waals surface area contributed by atoms with Crippen molar-refractivity contribution in [3.8, 4) is 0 Å². The Balaban J connectivity index is 1.73. The lowest BCUT2D eigenvalue weighted by Crippen LogP contribution is -2.67. The third kappa shape index (κ3) is 3.84. The Bertz CT molecular complexity index is 1020. The first-order chi connectivity index (χ1) is 15.5. The van der Waals surface area contributed by atoms with Crippen molar-refractivity contribution in [2.75, 3.05) is 6.61 Å². The van der Waals surface area contributed by atoms with E-state index < -0.39 is 28.5 Å². The van der Waals surface area contributed by atoms with Gasteiger partial charge in [-0.05, 0) is 37.0 Å². The SMILES string of the molecule is C[C@@H]1C(=O)CC[C@H]2[C@@]1(C)[C@@H](OC(=O)c1ccccc1)C[C@](C)(O)[C@]2(C)C=CC1=CC(=O)OC1. The fourth-order valence-corrected chi connectivity index (χ4v) is 6.09. The number of hydrogen-bond acceptors (Lipinski definition) is 6. The number of cyclic esters (lactones) is 1. The van der Waals surface area contributed by atoms with Crippen molar-refractivity contribution in [1.82, 2.24) is 0 Å².